The van der Waals surface area contributed by atoms with Crippen LogP contribution in [0.2, 0.25) is 0 Å². The summed E-state index contributed by atoms with van der Waals surface area (Å²) < 4.78 is 5.56. The average Bonchev–Trinajstić information content (AvgIpc) is 2.65. The van der Waals surface area contributed by atoms with E-state index in [0.717, 1.165) is 24.3 Å². The number of nitrogens with one attached hydrogen (secondary N) is 1. The second-order valence-electron chi connectivity index (χ2n) is 4.37. The highest BCUT2D eigenvalue weighted by Crippen LogP contribution is 2.25. The molecule has 0 bridgehead atoms. The molecule has 0 spiro atoms. The molecule has 1 N–H and O–H groups in total. The van der Waals surface area contributed by atoms with Crippen LogP contribution in [0, 0.1) is 0 Å². The third-order valence-corrected chi connectivity index (χ3v) is 2.70. The number of carbonyl (C=O) groups is 1. The van der Waals surface area contributed by atoms with E-state index in [1.54, 1.807) is 0 Å². The molecular formula is C13H17NO2. The van der Waals surface area contributed by atoms with E-state index in [-0.39, 0.29) is 17.9 Å². The molecule has 2 rings (SSSR count). The fraction of sp³-hybridized carbons (Fsp3) is 0.462. The number of hydrogen-bond donors (Lipinski definition) is 1. The van der Waals surface area contributed by atoms with Crippen LogP contribution in [0.3, 0.4) is 0 Å². The number of ether oxygens (including phenoxy) is 1. The monoisotopic (exact) mass is 219 g/mol. The normalized spacial score (nSPS) is 19.9. The summed E-state index contributed by atoms with van der Waals surface area (Å²) >= 11 is 0. The van der Waals surface area contributed by atoms with Crippen molar-refractivity contribution in [3.05, 3.63) is 29.8 Å². The molecule has 0 radical (unpaired) electrons. The summed E-state index contributed by atoms with van der Waals surface area (Å²) in [5.41, 5.74) is 1.08. The molecule has 1 unspecified atom stereocenters. The van der Waals surface area contributed by atoms with Gasteiger partial charge in [-0.1, -0.05) is 12.1 Å². The van der Waals surface area contributed by atoms with Gasteiger partial charge in [-0.3, -0.25) is 4.79 Å². The van der Waals surface area contributed by atoms with E-state index in [9.17, 15) is 4.79 Å². The van der Waals surface area contributed by atoms with E-state index < -0.39 is 0 Å². The van der Waals surface area contributed by atoms with Crippen molar-refractivity contribution in [1.29, 1.82) is 0 Å². The van der Waals surface area contributed by atoms with E-state index in [4.69, 9.17) is 4.74 Å². The van der Waals surface area contributed by atoms with Crippen molar-refractivity contribution < 1.29 is 9.53 Å². The Bertz CT molecular complexity index is 370. The van der Waals surface area contributed by atoms with Crippen LogP contribution in [-0.2, 0) is 4.79 Å². The minimum Gasteiger partial charge on any atom is -0.491 e. The molecule has 1 aromatic rings. The van der Waals surface area contributed by atoms with Gasteiger partial charge in [-0.2, -0.15) is 0 Å². The number of rotatable bonds is 3. The van der Waals surface area contributed by atoms with Crippen LogP contribution >= 0.6 is 0 Å². The lowest BCUT2D eigenvalue weighted by molar-refractivity contribution is -0.120. The fourth-order valence-electron chi connectivity index (χ4n) is 1.96. The van der Waals surface area contributed by atoms with Gasteiger partial charge in [0.15, 0.2) is 0 Å². The van der Waals surface area contributed by atoms with Crippen LogP contribution in [0.15, 0.2) is 24.3 Å². The number of carbonyl (C=O) groups excluding carboxylic acids is 1. The predicted molar refractivity (Wildman–Crippen MR) is 62.6 cm³/mol. The maximum Gasteiger partial charge on any atom is 0.227 e. The molecule has 0 saturated carbocycles. The van der Waals surface area contributed by atoms with Crippen molar-refractivity contribution in [2.24, 2.45) is 0 Å². The second-order valence-corrected chi connectivity index (χ2v) is 4.37. The summed E-state index contributed by atoms with van der Waals surface area (Å²) in [5, 5.41) is 2.84. The van der Waals surface area contributed by atoms with Crippen LogP contribution in [0.1, 0.15) is 31.7 Å². The standard InChI is InChI=1S/C13H17NO2/c1-9(2)16-11-5-3-10(4-6-11)12-7-8-14-13(12)15/h3-6,9,12H,7-8H2,1-2H3,(H,14,15). The van der Waals surface area contributed by atoms with Gasteiger partial charge >= 0.3 is 0 Å². The summed E-state index contributed by atoms with van der Waals surface area (Å²) in [6, 6.07) is 7.82. The molecular weight excluding hydrogens is 202 g/mol. The fourth-order valence-corrected chi connectivity index (χ4v) is 1.96. The summed E-state index contributed by atoms with van der Waals surface area (Å²) in [7, 11) is 0. The maximum atomic E-state index is 11.5. The number of hydrogen-bond acceptors (Lipinski definition) is 2. The summed E-state index contributed by atoms with van der Waals surface area (Å²) in [4.78, 5) is 11.5. The molecule has 1 amide bonds. The van der Waals surface area contributed by atoms with Crippen molar-refractivity contribution in [1.82, 2.24) is 5.32 Å². The molecule has 0 aromatic heterocycles. The van der Waals surface area contributed by atoms with E-state index in [1.807, 2.05) is 38.1 Å². The van der Waals surface area contributed by atoms with Gasteiger partial charge in [-0.05, 0) is 38.0 Å². The third-order valence-electron chi connectivity index (χ3n) is 2.70. The van der Waals surface area contributed by atoms with E-state index >= 15 is 0 Å². The molecule has 86 valence electrons. The zero-order valence-corrected chi connectivity index (χ0v) is 9.69. The van der Waals surface area contributed by atoms with Gasteiger partial charge in [-0.25, -0.2) is 0 Å². The predicted octanol–water partition coefficient (Wildman–Crippen LogP) is 2.08. The van der Waals surface area contributed by atoms with Crippen LogP contribution in [0.4, 0.5) is 0 Å². The largest absolute Gasteiger partial charge is 0.491 e. The molecule has 16 heavy (non-hydrogen) atoms. The minimum absolute atomic E-state index is 0.0214. The quantitative estimate of drug-likeness (QED) is 0.845. The summed E-state index contributed by atoms with van der Waals surface area (Å²) in [6.45, 7) is 4.78. The highest BCUT2D eigenvalue weighted by Gasteiger charge is 2.25. The molecule has 1 atom stereocenters. The Morgan fingerprint density at radius 2 is 2.00 bits per heavy atom. The Labute approximate surface area is 95.8 Å². The zero-order valence-electron chi connectivity index (χ0n) is 9.69. The minimum atomic E-state index is 0.0214. The summed E-state index contributed by atoms with van der Waals surface area (Å²) in [5.74, 6) is 1.02. The second kappa shape index (κ2) is 4.56. The molecule has 1 fully saturated rings. The number of benzene rings is 1. The maximum absolute atomic E-state index is 11.5. The van der Waals surface area contributed by atoms with Crippen LogP contribution in [0.5, 0.6) is 5.75 Å². The topological polar surface area (TPSA) is 38.3 Å². The lowest BCUT2D eigenvalue weighted by atomic mass is 9.98. The first-order valence-corrected chi connectivity index (χ1v) is 5.71. The van der Waals surface area contributed by atoms with Gasteiger partial charge in [0.2, 0.25) is 5.91 Å². The lowest BCUT2D eigenvalue weighted by Gasteiger charge is -2.11. The Kier molecular flexibility index (Phi) is 3.13. The van der Waals surface area contributed by atoms with Crippen LogP contribution in [0.25, 0.3) is 0 Å². The van der Waals surface area contributed by atoms with Gasteiger partial charge in [0.25, 0.3) is 0 Å². The highest BCUT2D eigenvalue weighted by molar-refractivity contribution is 5.85. The Morgan fingerprint density at radius 3 is 2.50 bits per heavy atom. The Hall–Kier alpha value is -1.51. The van der Waals surface area contributed by atoms with Gasteiger partial charge in [0.1, 0.15) is 5.75 Å². The molecule has 1 aliphatic heterocycles. The van der Waals surface area contributed by atoms with E-state index in [0.29, 0.717) is 0 Å². The molecule has 1 aromatic carbocycles. The SMILES string of the molecule is CC(C)Oc1ccc(C2CCNC2=O)cc1. The van der Waals surface area contributed by atoms with Crippen LogP contribution < -0.4 is 10.1 Å². The van der Waals surface area contributed by atoms with Crippen molar-refractivity contribution in [2.75, 3.05) is 6.54 Å². The molecule has 3 nitrogen and oxygen atoms in total. The van der Waals surface area contributed by atoms with Crippen molar-refractivity contribution in [3.8, 4) is 5.75 Å². The first-order valence-electron chi connectivity index (χ1n) is 5.71. The van der Waals surface area contributed by atoms with Crippen LogP contribution in [-0.4, -0.2) is 18.6 Å². The molecule has 1 heterocycles. The van der Waals surface area contributed by atoms with E-state index in [2.05, 4.69) is 5.32 Å². The Morgan fingerprint density at radius 1 is 1.31 bits per heavy atom. The highest BCUT2D eigenvalue weighted by atomic mass is 16.5. The average molecular weight is 219 g/mol. The van der Waals surface area contributed by atoms with Crippen molar-refractivity contribution in [2.45, 2.75) is 32.3 Å². The van der Waals surface area contributed by atoms with E-state index in [1.165, 1.54) is 0 Å². The van der Waals surface area contributed by atoms with Gasteiger partial charge in [-0.15, -0.1) is 0 Å². The first-order chi connectivity index (χ1) is 7.66. The Balaban J connectivity index is 2.09. The molecule has 1 saturated heterocycles. The van der Waals surface area contributed by atoms with Crippen molar-refractivity contribution >= 4 is 5.91 Å². The lowest BCUT2D eigenvalue weighted by Crippen LogP contribution is -2.17. The summed E-state index contributed by atoms with van der Waals surface area (Å²) in [6.07, 6.45) is 1.07. The van der Waals surface area contributed by atoms with Crippen molar-refractivity contribution in [3.63, 3.8) is 0 Å². The number of amides is 1. The molecule has 0 aliphatic carbocycles. The van der Waals surface area contributed by atoms with Gasteiger partial charge in [0, 0.05) is 6.54 Å². The van der Waals surface area contributed by atoms with Gasteiger partial charge in [0.05, 0.1) is 12.0 Å². The molecule has 3 heteroatoms. The first kappa shape index (κ1) is 11.0. The third kappa shape index (κ3) is 2.35. The van der Waals surface area contributed by atoms with Gasteiger partial charge < -0.3 is 10.1 Å². The smallest absolute Gasteiger partial charge is 0.227 e. The molecule has 1 aliphatic rings. The zero-order chi connectivity index (χ0) is 11.5.